The van der Waals surface area contributed by atoms with Crippen molar-refractivity contribution in [2.75, 3.05) is 47.5 Å². The predicted molar refractivity (Wildman–Crippen MR) is 283 cm³/mol. The van der Waals surface area contributed by atoms with Crippen LogP contribution in [0.15, 0.2) is 109 Å². The zero-order chi connectivity index (χ0) is 49.9. The van der Waals surface area contributed by atoms with E-state index in [0.29, 0.717) is 17.4 Å². The second kappa shape index (κ2) is 49.4. The fourth-order valence-electron chi connectivity index (χ4n) is 6.70. The molecular weight excluding hydrogens is 851 g/mol. The molecule has 0 rings (SSSR count). The largest absolute Gasteiger partial charge is 0.545 e. The van der Waals surface area contributed by atoms with Crippen molar-refractivity contribution in [1.82, 2.24) is 0 Å². The Hall–Kier alpha value is -4.05. The number of unbranched alkanes of at least 4 members (excludes halogenated alkanes) is 14. The van der Waals surface area contributed by atoms with E-state index in [2.05, 4.69) is 123 Å². The van der Waals surface area contributed by atoms with E-state index in [9.17, 15) is 19.5 Å². The van der Waals surface area contributed by atoms with Crippen LogP contribution in [0.2, 0.25) is 0 Å². The van der Waals surface area contributed by atoms with E-state index < -0.39 is 24.3 Å². The molecule has 0 spiro atoms. The number of carboxylic acids is 1. The highest BCUT2D eigenvalue weighted by Crippen LogP contribution is 2.14. The lowest BCUT2D eigenvalue weighted by Crippen LogP contribution is -2.44. The SMILES string of the molecule is CC/C=C\C/C=C\C/C=C\C/C=C\C/C=C\C/C=C\C/C=C\C/C=C\C/C=C\CCCCCCCCCCCC(=O)OC(COC(=O)CCCCCCCC)COC(OCC[N+](C)(C)C)C(=O)[O-]. The quantitative estimate of drug-likeness (QED) is 0.0195. The Morgan fingerprint density at radius 1 is 0.456 bits per heavy atom. The summed E-state index contributed by atoms with van der Waals surface area (Å²) in [6.45, 7) is 4.52. The number of rotatable bonds is 47. The Morgan fingerprint density at radius 2 is 0.838 bits per heavy atom. The maximum Gasteiger partial charge on any atom is 0.306 e. The van der Waals surface area contributed by atoms with Gasteiger partial charge in [0.15, 0.2) is 12.4 Å². The minimum absolute atomic E-state index is 0.142. The normalized spacial score (nSPS) is 13.7. The van der Waals surface area contributed by atoms with Gasteiger partial charge in [-0.05, 0) is 83.5 Å². The zero-order valence-electron chi connectivity index (χ0n) is 43.7. The summed E-state index contributed by atoms with van der Waals surface area (Å²) in [6, 6.07) is 0. The van der Waals surface area contributed by atoms with Crippen molar-refractivity contribution in [1.29, 1.82) is 0 Å². The number of nitrogens with zero attached hydrogens (tertiary/aromatic N) is 1. The Balaban J connectivity index is 4.07. The van der Waals surface area contributed by atoms with E-state index in [0.717, 1.165) is 116 Å². The maximum absolute atomic E-state index is 12.7. The Bertz CT molecular complexity index is 1480. The van der Waals surface area contributed by atoms with Crippen LogP contribution in [-0.4, -0.2) is 82.3 Å². The highest BCUT2D eigenvalue weighted by atomic mass is 16.7. The third-order valence-corrected chi connectivity index (χ3v) is 10.8. The summed E-state index contributed by atoms with van der Waals surface area (Å²) in [5.41, 5.74) is 0. The van der Waals surface area contributed by atoms with Gasteiger partial charge in [0.25, 0.3) is 0 Å². The molecule has 2 unspecified atom stereocenters. The summed E-state index contributed by atoms with van der Waals surface area (Å²) >= 11 is 0. The van der Waals surface area contributed by atoms with Gasteiger partial charge in [-0.3, -0.25) is 9.59 Å². The molecule has 0 aromatic rings. The molecule has 0 N–H and O–H groups in total. The summed E-state index contributed by atoms with van der Waals surface area (Å²) in [6.07, 6.45) is 64.6. The first-order chi connectivity index (χ1) is 33.1. The van der Waals surface area contributed by atoms with Gasteiger partial charge >= 0.3 is 11.9 Å². The van der Waals surface area contributed by atoms with Gasteiger partial charge in [0.05, 0.1) is 40.3 Å². The van der Waals surface area contributed by atoms with E-state index >= 15 is 0 Å². The molecule has 0 fully saturated rings. The minimum atomic E-state index is -1.62. The molecule has 0 aliphatic carbocycles. The smallest absolute Gasteiger partial charge is 0.306 e. The first-order valence-corrected chi connectivity index (χ1v) is 26.5. The fraction of sp³-hybridized carbons (Fsp3) is 0.644. The number of esters is 2. The third kappa shape index (κ3) is 49.8. The molecule has 9 heteroatoms. The van der Waals surface area contributed by atoms with Crippen molar-refractivity contribution in [2.24, 2.45) is 0 Å². The van der Waals surface area contributed by atoms with Crippen LogP contribution < -0.4 is 5.11 Å². The van der Waals surface area contributed by atoms with Gasteiger partial charge in [-0.1, -0.05) is 200 Å². The molecular formula is C59H97NO8. The molecule has 2 atom stereocenters. The summed E-state index contributed by atoms with van der Waals surface area (Å²) in [4.78, 5) is 36.8. The molecule has 0 amide bonds. The van der Waals surface area contributed by atoms with Crippen molar-refractivity contribution >= 4 is 17.9 Å². The number of ether oxygens (including phenoxy) is 4. The Kier molecular flexibility index (Phi) is 46.4. The number of carbonyl (C=O) groups is 3. The summed E-state index contributed by atoms with van der Waals surface area (Å²) in [7, 11) is 5.89. The number of hydrogen-bond acceptors (Lipinski definition) is 8. The highest BCUT2D eigenvalue weighted by molar-refractivity contribution is 5.70. The first-order valence-electron chi connectivity index (χ1n) is 26.5. The van der Waals surface area contributed by atoms with Gasteiger partial charge in [0.1, 0.15) is 13.2 Å². The van der Waals surface area contributed by atoms with Crippen LogP contribution in [0.25, 0.3) is 0 Å². The third-order valence-electron chi connectivity index (χ3n) is 10.8. The molecule has 0 saturated carbocycles. The molecule has 0 aromatic heterocycles. The summed E-state index contributed by atoms with van der Waals surface area (Å²) < 4.78 is 22.4. The van der Waals surface area contributed by atoms with Gasteiger partial charge in [0, 0.05) is 12.8 Å². The lowest BCUT2D eigenvalue weighted by atomic mass is 10.1. The number of allylic oxidation sites excluding steroid dienone is 18. The van der Waals surface area contributed by atoms with Crippen LogP contribution in [0.3, 0.4) is 0 Å². The second-order valence-corrected chi connectivity index (χ2v) is 18.4. The molecule has 0 aromatic carbocycles. The van der Waals surface area contributed by atoms with Gasteiger partial charge in [0.2, 0.25) is 0 Å². The molecule has 0 heterocycles. The van der Waals surface area contributed by atoms with Crippen LogP contribution in [-0.2, 0) is 33.3 Å². The van der Waals surface area contributed by atoms with Crippen molar-refractivity contribution < 1.29 is 42.9 Å². The van der Waals surface area contributed by atoms with Crippen LogP contribution in [0.1, 0.15) is 187 Å². The number of hydrogen-bond donors (Lipinski definition) is 0. The van der Waals surface area contributed by atoms with Crippen LogP contribution in [0.5, 0.6) is 0 Å². The van der Waals surface area contributed by atoms with Gasteiger partial charge in [-0.15, -0.1) is 0 Å². The average molecular weight is 948 g/mol. The molecule has 0 aliphatic heterocycles. The van der Waals surface area contributed by atoms with Crippen molar-refractivity contribution in [2.45, 2.75) is 200 Å². The lowest BCUT2D eigenvalue weighted by Gasteiger charge is -2.26. The number of carboxylic acid groups (broad SMARTS) is 1. The topological polar surface area (TPSA) is 111 Å². The van der Waals surface area contributed by atoms with E-state index in [1.165, 1.54) is 38.5 Å². The maximum atomic E-state index is 12.7. The molecule has 386 valence electrons. The highest BCUT2D eigenvalue weighted by Gasteiger charge is 2.21. The summed E-state index contributed by atoms with van der Waals surface area (Å²) in [5, 5.41) is 11.7. The van der Waals surface area contributed by atoms with E-state index in [1.54, 1.807) is 0 Å². The molecule has 0 radical (unpaired) electrons. The Morgan fingerprint density at radius 3 is 1.25 bits per heavy atom. The van der Waals surface area contributed by atoms with Crippen LogP contribution in [0, 0.1) is 0 Å². The number of quaternary nitrogens is 1. The van der Waals surface area contributed by atoms with Crippen molar-refractivity contribution in [3.63, 3.8) is 0 Å². The second-order valence-electron chi connectivity index (χ2n) is 18.4. The number of likely N-dealkylation sites (N-methyl/N-ethyl adjacent to an activating group) is 1. The Labute approximate surface area is 415 Å². The lowest BCUT2D eigenvalue weighted by molar-refractivity contribution is -0.870. The van der Waals surface area contributed by atoms with Gasteiger partial charge in [-0.25, -0.2) is 0 Å². The van der Waals surface area contributed by atoms with Gasteiger partial charge < -0.3 is 33.3 Å². The minimum Gasteiger partial charge on any atom is -0.545 e. The summed E-state index contributed by atoms with van der Waals surface area (Å²) in [5.74, 6) is -2.32. The van der Waals surface area contributed by atoms with Crippen molar-refractivity contribution in [3.05, 3.63) is 109 Å². The molecule has 0 bridgehead atoms. The molecule has 9 nitrogen and oxygen atoms in total. The average Bonchev–Trinajstić information content (AvgIpc) is 3.30. The predicted octanol–water partition coefficient (Wildman–Crippen LogP) is 13.8. The van der Waals surface area contributed by atoms with Crippen molar-refractivity contribution in [3.8, 4) is 0 Å². The number of carbonyl (C=O) groups excluding carboxylic acids is 3. The van der Waals surface area contributed by atoms with Crippen LogP contribution in [0.4, 0.5) is 0 Å². The monoisotopic (exact) mass is 948 g/mol. The van der Waals surface area contributed by atoms with E-state index in [1.807, 2.05) is 21.1 Å². The zero-order valence-corrected chi connectivity index (χ0v) is 43.7. The first kappa shape index (κ1) is 64.0. The standard InChI is InChI=1S/C59H97NO8/c1-6-8-10-12-14-15-16-17-18-19-20-21-22-23-24-25-26-27-28-29-30-31-32-33-34-35-36-37-38-39-40-41-42-43-44-46-48-50-57(62)68-55(53-66-56(61)49-47-45-13-11-9-7-2)54-67-59(58(63)64)65-52-51-60(3,4)5/h8,10,14-15,17-18,20-21,23-24,26-27,29-30,32-33,35-36,55,59H,6-7,9,11-13,16,19,22,25,28,31,34,37-54H2,1-5H3/b10-8-,15-14-,18-17-,21-20-,24-23-,27-26-,30-29-,33-32-,36-35-. The fourth-order valence-corrected chi connectivity index (χ4v) is 6.70. The van der Waals surface area contributed by atoms with E-state index in [4.69, 9.17) is 18.9 Å². The molecule has 0 aliphatic rings. The number of aliphatic carboxylic acids is 1. The molecule has 68 heavy (non-hydrogen) atoms. The molecule has 0 saturated heterocycles. The van der Waals surface area contributed by atoms with E-state index in [-0.39, 0.29) is 38.6 Å². The van der Waals surface area contributed by atoms with Crippen LogP contribution >= 0.6 is 0 Å². The van der Waals surface area contributed by atoms with Gasteiger partial charge in [-0.2, -0.15) is 0 Å².